The Kier molecular flexibility index (Phi) is 3.14. The minimum absolute atomic E-state index is 0.495. The zero-order chi connectivity index (χ0) is 9.84. The number of halogens is 1. The number of hydrogen-bond donors (Lipinski definition) is 1. The average Bonchev–Trinajstić information content (AvgIpc) is 2.11. The minimum atomic E-state index is -0.495. The van der Waals surface area contributed by atoms with E-state index in [-0.39, 0.29) is 0 Å². The third kappa shape index (κ3) is 2.63. The largest absolute Gasteiger partial charge is 0.453 e. The number of benzene rings is 1. The summed E-state index contributed by atoms with van der Waals surface area (Å²) in [4.78, 5) is 10.9. The van der Waals surface area contributed by atoms with E-state index in [2.05, 4.69) is 10.1 Å². The predicted molar refractivity (Wildman–Crippen MR) is 52.2 cm³/mol. The van der Waals surface area contributed by atoms with Crippen LogP contribution in [0.5, 0.6) is 0 Å². The number of methoxy groups -OCH3 is 1. The smallest absolute Gasteiger partial charge is 0.411 e. The molecule has 0 saturated heterocycles. The van der Waals surface area contributed by atoms with E-state index in [1.807, 2.05) is 13.0 Å². The Bertz CT molecular complexity index is 325. The van der Waals surface area contributed by atoms with Gasteiger partial charge in [-0.2, -0.15) is 0 Å². The van der Waals surface area contributed by atoms with E-state index in [1.54, 1.807) is 12.1 Å². The van der Waals surface area contributed by atoms with E-state index < -0.39 is 6.09 Å². The van der Waals surface area contributed by atoms with Crippen molar-refractivity contribution >= 4 is 23.4 Å². The van der Waals surface area contributed by atoms with E-state index in [0.29, 0.717) is 10.7 Å². The van der Waals surface area contributed by atoms with Gasteiger partial charge in [-0.1, -0.05) is 17.7 Å². The number of hydrogen-bond acceptors (Lipinski definition) is 2. The van der Waals surface area contributed by atoms with Crippen molar-refractivity contribution < 1.29 is 9.53 Å². The van der Waals surface area contributed by atoms with Gasteiger partial charge in [0.1, 0.15) is 0 Å². The highest BCUT2D eigenvalue weighted by Crippen LogP contribution is 2.19. The van der Waals surface area contributed by atoms with Crippen molar-refractivity contribution in [2.45, 2.75) is 6.92 Å². The molecule has 0 aliphatic carbocycles. The fraction of sp³-hybridized carbons (Fsp3) is 0.222. The van der Waals surface area contributed by atoms with Crippen LogP contribution in [0.15, 0.2) is 18.2 Å². The van der Waals surface area contributed by atoms with Gasteiger partial charge in [-0.15, -0.1) is 0 Å². The standard InChI is InChI=1S/C9H10ClNO2/c1-6-3-4-7(10)5-8(6)11-9(12)13-2/h3-5H,1-2H3,(H,11,12). The number of ether oxygens (including phenoxy) is 1. The lowest BCUT2D eigenvalue weighted by atomic mass is 10.2. The number of anilines is 1. The molecule has 0 aliphatic heterocycles. The molecule has 0 bridgehead atoms. The molecule has 1 aromatic carbocycles. The summed E-state index contributed by atoms with van der Waals surface area (Å²) in [5, 5.41) is 3.14. The molecule has 0 aliphatic rings. The first-order chi connectivity index (χ1) is 6.13. The molecule has 0 spiro atoms. The third-order valence-corrected chi connectivity index (χ3v) is 1.86. The number of carbonyl (C=O) groups is 1. The maximum atomic E-state index is 10.9. The van der Waals surface area contributed by atoms with Crippen LogP contribution in [0.25, 0.3) is 0 Å². The third-order valence-electron chi connectivity index (χ3n) is 1.62. The van der Waals surface area contributed by atoms with Crippen molar-refractivity contribution in [2.75, 3.05) is 12.4 Å². The highest BCUT2D eigenvalue weighted by Gasteiger charge is 2.03. The van der Waals surface area contributed by atoms with Gasteiger partial charge in [-0.25, -0.2) is 4.79 Å². The molecule has 3 nitrogen and oxygen atoms in total. The van der Waals surface area contributed by atoms with Gasteiger partial charge in [0.05, 0.1) is 7.11 Å². The summed E-state index contributed by atoms with van der Waals surface area (Å²) in [5.41, 5.74) is 1.61. The number of rotatable bonds is 1. The first-order valence-electron chi connectivity index (χ1n) is 3.74. The van der Waals surface area contributed by atoms with Gasteiger partial charge in [0, 0.05) is 10.7 Å². The van der Waals surface area contributed by atoms with Crippen LogP contribution in [0.4, 0.5) is 10.5 Å². The summed E-state index contributed by atoms with van der Waals surface area (Å²) in [6, 6.07) is 5.26. The molecule has 1 rings (SSSR count). The number of aryl methyl sites for hydroxylation is 1. The quantitative estimate of drug-likeness (QED) is 0.756. The van der Waals surface area contributed by atoms with Gasteiger partial charge in [-0.3, -0.25) is 5.32 Å². The summed E-state index contributed by atoms with van der Waals surface area (Å²) in [7, 11) is 1.31. The van der Waals surface area contributed by atoms with Crippen LogP contribution in [0, 0.1) is 6.92 Å². The second-order valence-electron chi connectivity index (χ2n) is 2.58. The molecule has 0 atom stereocenters. The molecule has 1 aromatic rings. The minimum Gasteiger partial charge on any atom is -0.453 e. The monoisotopic (exact) mass is 199 g/mol. The number of nitrogens with one attached hydrogen (secondary N) is 1. The molecule has 0 unspecified atom stereocenters. The summed E-state index contributed by atoms with van der Waals surface area (Å²) in [6.07, 6.45) is -0.495. The van der Waals surface area contributed by atoms with Crippen molar-refractivity contribution in [2.24, 2.45) is 0 Å². The maximum absolute atomic E-state index is 10.9. The molecule has 0 saturated carbocycles. The van der Waals surface area contributed by atoms with E-state index in [4.69, 9.17) is 11.6 Å². The lowest BCUT2D eigenvalue weighted by molar-refractivity contribution is 0.187. The van der Waals surface area contributed by atoms with Crippen LogP contribution in [0.3, 0.4) is 0 Å². The Labute approximate surface area is 81.7 Å². The Hall–Kier alpha value is -1.22. The molecule has 4 heteroatoms. The summed E-state index contributed by atoms with van der Waals surface area (Å²) < 4.78 is 4.46. The summed E-state index contributed by atoms with van der Waals surface area (Å²) in [6.45, 7) is 1.88. The molecule has 70 valence electrons. The SMILES string of the molecule is COC(=O)Nc1cc(Cl)ccc1C. The highest BCUT2D eigenvalue weighted by atomic mass is 35.5. The second kappa shape index (κ2) is 4.14. The van der Waals surface area contributed by atoms with Gasteiger partial charge < -0.3 is 4.74 Å². The molecule has 13 heavy (non-hydrogen) atoms. The molecular weight excluding hydrogens is 190 g/mol. The van der Waals surface area contributed by atoms with Crippen LogP contribution in [0.1, 0.15) is 5.56 Å². The van der Waals surface area contributed by atoms with Crippen LogP contribution in [-0.4, -0.2) is 13.2 Å². The molecule has 0 aromatic heterocycles. The maximum Gasteiger partial charge on any atom is 0.411 e. The molecular formula is C9H10ClNO2. The number of amides is 1. The van der Waals surface area contributed by atoms with Crippen molar-refractivity contribution in [1.29, 1.82) is 0 Å². The predicted octanol–water partition coefficient (Wildman–Crippen LogP) is 2.83. The second-order valence-corrected chi connectivity index (χ2v) is 3.01. The Morgan fingerprint density at radius 1 is 1.54 bits per heavy atom. The van der Waals surface area contributed by atoms with Gasteiger partial charge >= 0.3 is 6.09 Å². The van der Waals surface area contributed by atoms with Crippen LogP contribution < -0.4 is 5.32 Å². The highest BCUT2D eigenvalue weighted by molar-refractivity contribution is 6.30. The molecule has 0 heterocycles. The van der Waals surface area contributed by atoms with E-state index in [1.165, 1.54) is 7.11 Å². The van der Waals surface area contributed by atoms with Crippen molar-refractivity contribution in [3.8, 4) is 0 Å². The lowest BCUT2D eigenvalue weighted by Gasteiger charge is -2.06. The Morgan fingerprint density at radius 3 is 2.85 bits per heavy atom. The van der Waals surface area contributed by atoms with E-state index >= 15 is 0 Å². The first kappa shape index (κ1) is 9.86. The molecule has 0 radical (unpaired) electrons. The van der Waals surface area contributed by atoms with E-state index in [9.17, 15) is 4.79 Å². The fourth-order valence-electron chi connectivity index (χ4n) is 0.890. The summed E-state index contributed by atoms with van der Waals surface area (Å²) in [5.74, 6) is 0. The normalized spacial score (nSPS) is 9.46. The van der Waals surface area contributed by atoms with Crippen molar-refractivity contribution in [1.82, 2.24) is 0 Å². The molecule has 1 amide bonds. The summed E-state index contributed by atoms with van der Waals surface area (Å²) >= 11 is 5.75. The van der Waals surface area contributed by atoms with Gasteiger partial charge in [-0.05, 0) is 24.6 Å². The van der Waals surface area contributed by atoms with Gasteiger partial charge in [0.2, 0.25) is 0 Å². The first-order valence-corrected chi connectivity index (χ1v) is 4.12. The van der Waals surface area contributed by atoms with Gasteiger partial charge in [0.25, 0.3) is 0 Å². The van der Waals surface area contributed by atoms with Crippen LogP contribution >= 0.6 is 11.6 Å². The topological polar surface area (TPSA) is 38.3 Å². The van der Waals surface area contributed by atoms with E-state index in [0.717, 1.165) is 5.56 Å². The number of carbonyl (C=O) groups excluding carboxylic acids is 1. The fourth-order valence-corrected chi connectivity index (χ4v) is 1.06. The average molecular weight is 200 g/mol. The Morgan fingerprint density at radius 2 is 2.23 bits per heavy atom. The Balaban J connectivity index is 2.87. The zero-order valence-electron chi connectivity index (χ0n) is 7.43. The van der Waals surface area contributed by atoms with Crippen LogP contribution in [-0.2, 0) is 4.74 Å². The molecule has 1 N–H and O–H groups in total. The van der Waals surface area contributed by atoms with Gasteiger partial charge in [0.15, 0.2) is 0 Å². The van der Waals surface area contributed by atoms with Crippen LogP contribution in [0.2, 0.25) is 5.02 Å². The molecule has 0 fully saturated rings. The van der Waals surface area contributed by atoms with Crippen molar-refractivity contribution in [3.05, 3.63) is 28.8 Å². The lowest BCUT2D eigenvalue weighted by Crippen LogP contribution is -2.11. The zero-order valence-corrected chi connectivity index (χ0v) is 8.18. The van der Waals surface area contributed by atoms with Crippen molar-refractivity contribution in [3.63, 3.8) is 0 Å².